The van der Waals surface area contributed by atoms with Crippen molar-refractivity contribution in [3.63, 3.8) is 0 Å². The van der Waals surface area contributed by atoms with Crippen molar-refractivity contribution in [2.24, 2.45) is 0 Å². The zero-order chi connectivity index (χ0) is 27.3. The molecule has 1 aromatic carbocycles. The molecule has 1 atom stereocenters. The summed E-state index contributed by atoms with van der Waals surface area (Å²) in [6.07, 6.45) is -2.68. The van der Waals surface area contributed by atoms with Crippen LogP contribution >= 0.6 is 11.3 Å². The highest BCUT2D eigenvalue weighted by Crippen LogP contribution is 2.35. The minimum absolute atomic E-state index is 0.272. The Morgan fingerprint density at radius 2 is 1.79 bits per heavy atom. The highest BCUT2D eigenvalue weighted by atomic mass is 32.1. The number of carboxylic acids is 1. The molecule has 4 rings (SSSR count). The van der Waals surface area contributed by atoms with Gasteiger partial charge in [0.25, 0.3) is 11.8 Å². The van der Waals surface area contributed by atoms with Gasteiger partial charge in [0.1, 0.15) is 6.04 Å². The van der Waals surface area contributed by atoms with E-state index in [1.54, 1.807) is 11.4 Å². The monoisotopic (exact) mass is 553 g/mol. The zero-order valence-corrected chi connectivity index (χ0v) is 21.4. The average Bonchev–Trinajstić information content (AvgIpc) is 3.46. The Labute approximate surface area is 222 Å². The van der Waals surface area contributed by atoms with Gasteiger partial charge in [0, 0.05) is 44.5 Å². The van der Waals surface area contributed by atoms with Gasteiger partial charge in [-0.25, -0.2) is 4.79 Å². The lowest BCUT2D eigenvalue weighted by Crippen LogP contribution is -2.52. The van der Waals surface area contributed by atoms with E-state index in [-0.39, 0.29) is 4.88 Å². The predicted molar refractivity (Wildman–Crippen MR) is 137 cm³/mol. The van der Waals surface area contributed by atoms with Crippen molar-refractivity contribution in [2.45, 2.75) is 31.1 Å². The lowest BCUT2D eigenvalue weighted by molar-refractivity contribution is -0.139. The summed E-state index contributed by atoms with van der Waals surface area (Å²) in [5.74, 6) is -3.15. The summed E-state index contributed by atoms with van der Waals surface area (Å²) in [5, 5.41) is 18.9. The van der Waals surface area contributed by atoms with Crippen molar-refractivity contribution in [1.82, 2.24) is 20.9 Å². The van der Waals surface area contributed by atoms with E-state index in [1.165, 1.54) is 12.1 Å². The highest BCUT2D eigenvalue weighted by molar-refractivity contribution is 7.12. The minimum Gasteiger partial charge on any atom is -0.480 e. The van der Waals surface area contributed by atoms with Crippen LogP contribution in [0, 0.1) is 0 Å². The number of carboxylic acid groups (broad SMARTS) is 1. The first-order valence-electron chi connectivity index (χ1n) is 12.4. The molecule has 2 aromatic rings. The quantitative estimate of drug-likeness (QED) is 0.397. The molecular formula is C25H30F3N5O4S. The summed E-state index contributed by atoms with van der Waals surface area (Å²) in [6, 6.07) is 5.67. The summed E-state index contributed by atoms with van der Waals surface area (Å²) in [7, 11) is 0. The first kappa shape index (κ1) is 27.9. The van der Waals surface area contributed by atoms with Crippen LogP contribution in [0.2, 0.25) is 0 Å². The average molecular weight is 554 g/mol. The van der Waals surface area contributed by atoms with Gasteiger partial charge >= 0.3 is 12.1 Å². The Balaban J connectivity index is 1.41. The number of hydrogen-bond acceptors (Lipinski definition) is 7. The highest BCUT2D eigenvalue weighted by Gasteiger charge is 2.36. The Morgan fingerprint density at radius 3 is 2.39 bits per heavy atom. The van der Waals surface area contributed by atoms with Crippen LogP contribution in [0.3, 0.4) is 0 Å². The van der Waals surface area contributed by atoms with Crippen LogP contribution in [0.25, 0.3) is 0 Å². The maximum Gasteiger partial charge on any atom is 0.417 e. The van der Waals surface area contributed by atoms with Gasteiger partial charge in [-0.1, -0.05) is 6.07 Å². The molecule has 2 amide bonds. The number of halogens is 3. The number of aliphatic carboxylic acids is 1. The molecule has 2 aliphatic heterocycles. The van der Waals surface area contributed by atoms with E-state index in [1.807, 2.05) is 4.90 Å². The number of piperidine rings is 1. The van der Waals surface area contributed by atoms with Crippen LogP contribution in [-0.2, 0) is 11.0 Å². The second kappa shape index (κ2) is 12.1. The van der Waals surface area contributed by atoms with Gasteiger partial charge in [0.2, 0.25) is 0 Å². The molecule has 0 radical (unpaired) electrons. The molecule has 4 N–H and O–H groups in total. The van der Waals surface area contributed by atoms with Crippen molar-refractivity contribution in [3.8, 4) is 0 Å². The van der Waals surface area contributed by atoms with Crippen LogP contribution in [0.5, 0.6) is 0 Å². The maximum absolute atomic E-state index is 14.0. The van der Waals surface area contributed by atoms with Gasteiger partial charge in [-0.2, -0.15) is 13.2 Å². The summed E-state index contributed by atoms with van der Waals surface area (Å²) in [5.41, 5.74) is -1.32. The molecule has 0 aliphatic carbocycles. The van der Waals surface area contributed by atoms with E-state index < -0.39 is 47.7 Å². The number of nitrogens with one attached hydrogen (secondary N) is 3. The fourth-order valence-corrected chi connectivity index (χ4v) is 5.43. The van der Waals surface area contributed by atoms with Crippen LogP contribution in [0.4, 0.5) is 18.9 Å². The van der Waals surface area contributed by atoms with Gasteiger partial charge in [0.15, 0.2) is 0 Å². The Kier molecular flexibility index (Phi) is 8.90. The summed E-state index contributed by atoms with van der Waals surface area (Å²) >= 11 is 1.10. The number of amides is 2. The molecule has 0 bridgehead atoms. The zero-order valence-electron chi connectivity index (χ0n) is 20.6. The molecule has 1 aromatic heterocycles. The molecule has 2 saturated heterocycles. The molecule has 3 heterocycles. The fraction of sp³-hybridized carbons (Fsp3) is 0.480. The number of benzene rings is 1. The molecule has 206 valence electrons. The third-order valence-corrected chi connectivity index (χ3v) is 7.74. The Bertz CT molecular complexity index is 1130. The lowest BCUT2D eigenvalue weighted by atomic mass is 10.0. The van der Waals surface area contributed by atoms with Gasteiger partial charge in [-0.05, 0) is 55.6 Å². The Morgan fingerprint density at radius 1 is 1.08 bits per heavy atom. The number of thiophene rings is 1. The molecule has 2 fully saturated rings. The Hall–Kier alpha value is -3.16. The third-order valence-electron chi connectivity index (χ3n) is 6.87. The van der Waals surface area contributed by atoms with Crippen molar-refractivity contribution in [1.29, 1.82) is 0 Å². The molecule has 38 heavy (non-hydrogen) atoms. The third kappa shape index (κ3) is 6.83. The van der Waals surface area contributed by atoms with Crippen molar-refractivity contribution < 1.29 is 32.7 Å². The predicted octanol–water partition coefficient (Wildman–Crippen LogP) is 2.25. The second-order valence-corrected chi connectivity index (χ2v) is 10.2. The van der Waals surface area contributed by atoms with E-state index >= 15 is 0 Å². The smallest absolute Gasteiger partial charge is 0.417 e. The van der Waals surface area contributed by atoms with Gasteiger partial charge < -0.3 is 26.0 Å². The molecule has 13 heteroatoms. The van der Waals surface area contributed by atoms with E-state index in [0.717, 1.165) is 62.5 Å². The van der Waals surface area contributed by atoms with E-state index in [4.69, 9.17) is 0 Å². The summed E-state index contributed by atoms with van der Waals surface area (Å²) in [4.78, 5) is 41.0. The molecule has 2 aliphatic rings. The largest absolute Gasteiger partial charge is 0.480 e. The summed E-state index contributed by atoms with van der Waals surface area (Å²) in [6.45, 7) is 4.02. The number of nitrogens with zero attached hydrogens (tertiary/aromatic N) is 2. The number of anilines is 1. The maximum atomic E-state index is 14.0. The van der Waals surface area contributed by atoms with Crippen LogP contribution in [0.15, 0.2) is 35.7 Å². The lowest BCUT2D eigenvalue weighted by Gasteiger charge is -2.41. The van der Waals surface area contributed by atoms with Gasteiger partial charge in [-0.15, -0.1) is 11.3 Å². The molecule has 9 nitrogen and oxygen atoms in total. The molecule has 0 unspecified atom stereocenters. The molecule has 0 spiro atoms. The fourth-order valence-electron chi connectivity index (χ4n) is 4.81. The number of piperazine rings is 1. The first-order valence-corrected chi connectivity index (χ1v) is 13.3. The van der Waals surface area contributed by atoms with Crippen molar-refractivity contribution in [3.05, 3.63) is 51.7 Å². The standard InChI is InChI=1S/C25H30F3N5O4S/c26-25(27,28)19-14-17(33-11-9-32(10-12-33)16-5-7-29-8-6-16)3-4-18(19)22(34)30-15-20(24(36)37)31-23(35)21-2-1-13-38-21/h1-4,13-14,16,20,29H,5-12,15H2,(H,30,34)(H,31,35)(H,36,37)/t20-/m0/s1. The van der Waals surface area contributed by atoms with Gasteiger partial charge in [0.05, 0.1) is 16.0 Å². The normalized spacial score (nSPS) is 18.1. The molecule has 0 saturated carbocycles. The number of carbonyl (C=O) groups excluding carboxylic acids is 2. The van der Waals surface area contributed by atoms with E-state index in [2.05, 4.69) is 20.9 Å². The second-order valence-electron chi connectivity index (χ2n) is 9.28. The van der Waals surface area contributed by atoms with Crippen LogP contribution in [0.1, 0.15) is 38.4 Å². The summed E-state index contributed by atoms with van der Waals surface area (Å²) < 4.78 is 41.9. The number of rotatable bonds is 8. The van der Waals surface area contributed by atoms with Crippen molar-refractivity contribution in [2.75, 3.05) is 50.7 Å². The van der Waals surface area contributed by atoms with Crippen LogP contribution in [-0.4, -0.2) is 85.7 Å². The van der Waals surface area contributed by atoms with Crippen molar-refractivity contribution >= 4 is 34.8 Å². The topological polar surface area (TPSA) is 114 Å². The SMILES string of the molecule is O=C(N[C@@H](CNC(=O)c1ccc(N2CCN(C3CCNCC3)CC2)cc1C(F)(F)F)C(=O)O)c1cccs1. The first-order chi connectivity index (χ1) is 18.1. The van der Waals surface area contributed by atoms with E-state index in [0.29, 0.717) is 24.8 Å². The minimum atomic E-state index is -4.79. The number of alkyl halides is 3. The molecular weight excluding hydrogens is 523 g/mol. The van der Waals surface area contributed by atoms with Crippen LogP contribution < -0.4 is 20.9 Å². The number of carbonyl (C=O) groups is 3. The van der Waals surface area contributed by atoms with Gasteiger partial charge in [-0.3, -0.25) is 14.5 Å². The van der Waals surface area contributed by atoms with E-state index in [9.17, 15) is 32.7 Å². The number of hydrogen-bond donors (Lipinski definition) is 4.